The summed E-state index contributed by atoms with van der Waals surface area (Å²) in [6.45, 7) is 1.01. The Morgan fingerprint density at radius 2 is 1.05 bits per heavy atom. The van der Waals surface area contributed by atoms with Crippen molar-refractivity contribution >= 4 is 23.5 Å². The quantitative estimate of drug-likeness (QED) is 0.574. The molecule has 0 aliphatic carbocycles. The van der Waals surface area contributed by atoms with Gasteiger partial charge in [0.25, 0.3) is 0 Å². The molecular formula is C11H20ClN5O4. The molecule has 21 heavy (non-hydrogen) atoms. The van der Waals surface area contributed by atoms with Crippen molar-refractivity contribution in [3.8, 4) is 0 Å². The zero-order valence-electron chi connectivity index (χ0n) is 12.6. The van der Waals surface area contributed by atoms with Gasteiger partial charge in [0.2, 0.25) is 17.2 Å². The molecular weight excluding hydrogens is 302 g/mol. The molecule has 0 aliphatic heterocycles. The number of nitrogens with zero attached hydrogens (tertiary/aromatic N) is 5. The molecule has 0 atom stereocenters. The van der Waals surface area contributed by atoms with Gasteiger partial charge in [0.05, 0.1) is 0 Å². The van der Waals surface area contributed by atoms with Crippen LogP contribution in [0.3, 0.4) is 0 Å². The molecule has 120 valence electrons. The van der Waals surface area contributed by atoms with Gasteiger partial charge in [-0.2, -0.15) is 15.0 Å². The largest absolute Gasteiger partial charge is 0.364 e. The molecule has 0 spiro atoms. The van der Waals surface area contributed by atoms with Gasteiger partial charge in [-0.25, -0.2) is 0 Å². The van der Waals surface area contributed by atoms with Crippen molar-refractivity contribution in [1.29, 1.82) is 0 Å². The summed E-state index contributed by atoms with van der Waals surface area (Å²) in [6.07, 6.45) is 0. The van der Waals surface area contributed by atoms with E-state index in [0.29, 0.717) is 11.9 Å². The van der Waals surface area contributed by atoms with Crippen molar-refractivity contribution in [3.05, 3.63) is 5.28 Å². The van der Waals surface area contributed by atoms with Crippen LogP contribution in [0, 0.1) is 0 Å². The molecule has 0 radical (unpaired) electrons. The molecule has 0 aromatic carbocycles. The van der Waals surface area contributed by atoms with Gasteiger partial charge in [-0.05, 0) is 11.6 Å². The first kappa shape index (κ1) is 17.8. The van der Waals surface area contributed by atoms with E-state index in [1.807, 2.05) is 0 Å². The number of rotatable bonds is 10. The number of hydrogen-bond acceptors (Lipinski definition) is 9. The van der Waals surface area contributed by atoms with Gasteiger partial charge in [-0.3, -0.25) is 9.80 Å². The second-order valence-corrected chi connectivity index (χ2v) is 4.29. The minimum absolute atomic E-state index is 0.0596. The minimum Gasteiger partial charge on any atom is -0.364 e. The van der Waals surface area contributed by atoms with E-state index in [0.717, 1.165) is 0 Å². The molecule has 10 heteroatoms. The Kier molecular flexibility index (Phi) is 8.16. The van der Waals surface area contributed by atoms with Crippen LogP contribution >= 0.6 is 11.6 Å². The van der Waals surface area contributed by atoms with Gasteiger partial charge >= 0.3 is 0 Å². The summed E-state index contributed by atoms with van der Waals surface area (Å²) in [4.78, 5) is 15.8. The maximum atomic E-state index is 5.96. The lowest BCUT2D eigenvalue weighted by Crippen LogP contribution is -2.33. The Hall–Kier alpha value is -1.26. The number of ether oxygens (including phenoxy) is 4. The molecule has 1 aromatic rings. The third-order valence-corrected chi connectivity index (χ3v) is 2.46. The van der Waals surface area contributed by atoms with E-state index in [-0.39, 0.29) is 32.2 Å². The van der Waals surface area contributed by atoms with Crippen LogP contribution in [0.15, 0.2) is 0 Å². The highest BCUT2D eigenvalue weighted by Gasteiger charge is 2.16. The maximum absolute atomic E-state index is 5.96. The number of halogens is 1. The van der Waals surface area contributed by atoms with Gasteiger partial charge in [-0.1, -0.05) is 0 Å². The van der Waals surface area contributed by atoms with E-state index < -0.39 is 0 Å². The van der Waals surface area contributed by atoms with Crippen LogP contribution < -0.4 is 9.80 Å². The molecule has 9 nitrogen and oxygen atoms in total. The van der Waals surface area contributed by atoms with Crippen LogP contribution in [0.25, 0.3) is 0 Å². The maximum Gasteiger partial charge on any atom is 0.235 e. The second kappa shape index (κ2) is 9.64. The summed E-state index contributed by atoms with van der Waals surface area (Å²) in [5.41, 5.74) is 0. The number of methoxy groups -OCH3 is 4. The summed E-state index contributed by atoms with van der Waals surface area (Å²) >= 11 is 5.96. The van der Waals surface area contributed by atoms with Gasteiger partial charge in [0, 0.05) is 28.4 Å². The molecule has 1 aromatic heterocycles. The van der Waals surface area contributed by atoms with E-state index in [9.17, 15) is 0 Å². The van der Waals surface area contributed by atoms with Gasteiger partial charge in [0.1, 0.15) is 26.9 Å². The average Bonchev–Trinajstić information content (AvgIpc) is 2.46. The minimum atomic E-state index is 0.0596. The van der Waals surface area contributed by atoms with Crippen LogP contribution in [-0.4, -0.2) is 70.3 Å². The van der Waals surface area contributed by atoms with Crippen molar-refractivity contribution in [1.82, 2.24) is 15.0 Å². The Labute approximate surface area is 128 Å². The van der Waals surface area contributed by atoms with E-state index in [1.165, 1.54) is 0 Å². The average molecular weight is 322 g/mol. The van der Waals surface area contributed by atoms with Crippen LogP contribution in [0.2, 0.25) is 5.28 Å². The topological polar surface area (TPSA) is 82.1 Å². The Morgan fingerprint density at radius 1 is 0.714 bits per heavy atom. The predicted molar refractivity (Wildman–Crippen MR) is 77.3 cm³/mol. The molecule has 0 bridgehead atoms. The molecule has 0 N–H and O–H groups in total. The highest BCUT2D eigenvalue weighted by atomic mass is 35.5. The molecule has 0 saturated carbocycles. The van der Waals surface area contributed by atoms with E-state index >= 15 is 0 Å². The molecule has 0 unspecified atom stereocenters. The first-order valence-electron chi connectivity index (χ1n) is 6.03. The normalized spacial score (nSPS) is 10.7. The first-order chi connectivity index (χ1) is 10.2. The van der Waals surface area contributed by atoms with Crippen molar-refractivity contribution in [2.24, 2.45) is 0 Å². The summed E-state index contributed by atoms with van der Waals surface area (Å²) in [5.74, 6) is 0.678. The van der Waals surface area contributed by atoms with E-state index in [1.54, 1.807) is 38.2 Å². The highest BCUT2D eigenvalue weighted by Crippen LogP contribution is 2.16. The Morgan fingerprint density at radius 3 is 1.33 bits per heavy atom. The van der Waals surface area contributed by atoms with Gasteiger partial charge in [0.15, 0.2) is 0 Å². The number of anilines is 2. The zero-order chi connectivity index (χ0) is 15.7. The monoisotopic (exact) mass is 321 g/mol. The second-order valence-electron chi connectivity index (χ2n) is 3.96. The third kappa shape index (κ3) is 5.56. The van der Waals surface area contributed by atoms with E-state index in [4.69, 9.17) is 30.5 Å². The van der Waals surface area contributed by atoms with Crippen LogP contribution in [0.5, 0.6) is 0 Å². The molecule has 1 rings (SSSR count). The molecule has 1 heterocycles. The predicted octanol–water partition coefficient (Wildman–Crippen LogP) is 0.553. The number of aromatic nitrogens is 3. The summed E-state index contributed by atoms with van der Waals surface area (Å²) < 4.78 is 20.3. The fourth-order valence-electron chi connectivity index (χ4n) is 1.54. The fraction of sp³-hybridized carbons (Fsp3) is 0.727. The molecule has 0 aliphatic rings. The summed E-state index contributed by atoms with van der Waals surface area (Å²) in [6, 6.07) is 0. The Balaban J connectivity index is 3.05. The van der Waals surface area contributed by atoms with E-state index in [2.05, 4.69) is 15.0 Å². The van der Waals surface area contributed by atoms with Crippen LogP contribution in [-0.2, 0) is 18.9 Å². The summed E-state index contributed by atoms with van der Waals surface area (Å²) in [5, 5.41) is 0.0596. The van der Waals surface area contributed by atoms with Gasteiger partial charge in [-0.15, -0.1) is 0 Å². The molecule has 0 amide bonds. The fourth-order valence-corrected chi connectivity index (χ4v) is 1.69. The lowest BCUT2D eigenvalue weighted by atomic mass is 10.7. The van der Waals surface area contributed by atoms with Crippen LogP contribution in [0.4, 0.5) is 11.9 Å². The van der Waals surface area contributed by atoms with Gasteiger partial charge < -0.3 is 18.9 Å². The van der Waals surface area contributed by atoms with Crippen molar-refractivity contribution in [3.63, 3.8) is 0 Å². The van der Waals surface area contributed by atoms with Crippen LogP contribution in [0.1, 0.15) is 0 Å². The van der Waals surface area contributed by atoms with Crippen molar-refractivity contribution in [2.75, 3.05) is 65.2 Å². The highest BCUT2D eigenvalue weighted by molar-refractivity contribution is 6.28. The number of hydrogen-bond donors (Lipinski definition) is 0. The molecule has 0 fully saturated rings. The summed E-state index contributed by atoms with van der Waals surface area (Å²) in [7, 11) is 6.26. The SMILES string of the molecule is COCN(COC)c1nc(Cl)nc(N(COC)COC)n1. The van der Waals surface area contributed by atoms with Crippen molar-refractivity contribution < 1.29 is 18.9 Å². The third-order valence-electron chi connectivity index (χ3n) is 2.29. The smallest absolute Gasteiger partial charge is 0.235 e. The lowest BCUT2D eigenvalue weighted by molar-refractivity contribution is 0.136. The van der Waals surface area contributed by atoms with Crippen molar-refractivity contribution in [2.45, 2.75) is 0 Å². The zero-order valence-corrected chi connectivity index (χ0v) is 13.3. The first-order valence-corrected chi connectivity index (χ1v) is 6.41. The standard InChI is InChI=1S/C11H20ClN5O4/c1-18-5-16(6-19-2)10-13-9(12)14-11(15-10)17(7-20-3)8-21-4/h5-8H2,1-4H3. The molecule has 0 saturated heterocycles. The Bertz CT molecular complexity index is 379. The lowest BCUT2D eigenvalue weighted by Gasteiger charge is -2.24.